The highest BCUT2D eigenvalue weighted by Gasteiger charge is 1.94. The fraction of sp³-hybridized carbons (Fsp3) is 0.762. The molecule has 0 amide bonds. The van der Waals surface area contributed by atoms with E-state index in [1.165, 1.54) is 103 Å². The average molecular weight is 347 g/mol. The third-order valence-electron chi connectivity index (χ3n) is 4.47. The number of rotatable bonds is 17. The Morgan fingerprint density at radius 1 is 0.720 bits per heavy atom. The first-order valence-electron chi connectivity index (χ1n) is 10.4. The molecule has 0 atom stereocenters. The highest BCUT2D eigenvalue weighted by molar-refractivity contribution is 5.19. The minimum atomic E-state index is 0.683. The molecule has 0 bridgehead atoms. The smallest absolute Gasteiger partial charge is 0.225 e. The standard InChI is InChI=1S/C21H38N4/c1-2-3-4-5-6-7-8-9-10-11-12-13-14-15-16-17-18-23-21-24-19-22-20-25-21/h9-10,19-20H,2-8,11-18H2,1H3,(H,22,23,24,25)/b10-9-. The van der Waals surface area contributed by atoms with Crippen molar-refractivity contribution in [1.29, 1.82) is 0 Å². The predicted molar refractivity (Wildman–Crippen MR) is 108 cm³/mol. The summed E-state index contributed by atoms with van der Waals surface area (Å²) >= 11 is 0. The van der Waals surface area contributed by atoms with Gasteiger partial charge in [0.15, 0.2) is 0 Å². The van der Waals surface area contributed by atoms with Crippen LogP contribution in [-0.2, 0) is 0 Å². The van der Waals surface area contributed by atoms with E-state index in [1.807, 2.05) is 0 Å². The van der Waals surface area contributed by atoms with Gasteiger partial charge in [-0.2, -0.15) is 0 Å². The molecule has 1 aromatic rings. The Balaban J connectivity index is 1.75. The van der Waals surface area contributed by atoms with Crippen molar-refractivity contribution in [3.8, 4) is 0 Å². The van der Waals surface area contributed by atoms with Crippen LogP contribution in [0.2, 0.25) is 0 Å². The van der Waals surface area contributed by atoms with Gasteiger partial charge in [-0.3, -0.25) is 0 Å². The molecule has 0 aliphatic rings. The Labute approximate surface area is 155 Å². The topological polar surface area (TPSA) is 50.7 Å². The van der Waals surface area contributed by atoms with E-state index in [0.717, 1.165) is 6.54 Å². The van der Waals surface area contributed by atoms with Gasteiger partial charge in [-0.05, 0) is 32.1 Å². The molecule has 4 heteroatoms. The minimum Gasteiger partial charge on any atom is -0.354 e. The van der Waals surface area contributed by atoms with E-state index >= 15 is 0 Å². The summed E-state index contributed by atoms with van der Waals surface area (Å²) in [6, 6.07) is 0. The number of nitrogens with one attached hydrogen (secondary N) is 1. The fourth-order valence-corrected chi connectivity index (χ4v) is 2.90. The Kier molecular flexibility index (Phi) is 15.0. The van der Waals surface area contributed by atoms with Gasteiger partial charge in [0, 0.05) is 6.54 Å². The molecule has 1 N–H and O–H groups in total. The number of allylic oxidation sites excluding steroid dienone is 2. The van der Waals surface area contributed by atoms with Crippen molar-refractivity contribution < 1.29 is 0 Å². The summed E-state index contributed by atoms with van der Waals surface area (Å²) in [5.41, 5.74) is 0. The second-order valence-corrected chi connectivity index (χ2v) is 6.83. The highest BCUT2D eigenvalue weighted by Crippen LogP contribution is 2.10. The molecule has 0 saturated heterocycles. The quantitative estimate of drug-likeness (QED) is 0.265. The van der Waals surface area contributed by atoms with E-state index in [4.69, 9.17) is 0 Å². The van der Waals surface area contributed by atoms with Crippen molar-refractivity contribution in [1.82, 2.24) is 15.0 Å². The van der Waals surface area contributed by atoms with E-state index in [0.29, 0.717) is 5.95 Å². The van der Waals surface area contributed by atoms with Crippen LogP contribution in [-0.4, -0.2) is 21.5 Å². The lowest BCUT2D eigenvalue weighted by Crippen LogP contribution is -2.05. The summed E-state index contributed by atoms with van der Waals surface area (Å²) in [5, 5.41) is 3.22. The van der Waals surface area contributed by atoms with Gasteiger partial charge in [0.2, 0.25) is 5.95 Å². The molecule has 0 aliphatic heterocycles. The summed E-state index contributed by atoms with van der Waals surface area (Å²) in [4.78, 5) is 11.9. The van der Waals surface area contributed by atoms with E-state index in [-0.39, 0.29) is 0 Å². The minimum absolute atomic E-state index is 0.683. The molecule has 0 saturated carbocycles. The fourth-order valence-electron chi connectivity index (χ4n) is 2.90. The van der Waals surface area contributed by atoms with Crippen molar-refractivity contribution in [2.24, 2.45) is 0 Å². The first-order chi connectivity index (χ1) is 12.4. The molecule has 0 radical (unpaired) electrons. The number of hydrogen-bond acceptors (Lipinski definition) is 4. The molecule has 0 aliphatic carbocycles. The summed E-state index contributed by atoms with van der Waals surface area (Å²) in [5.74, 6) is 0.683. The van der Waals surface area contributed by atoms with Gasteiger partial charge in [0.1, 0.15) is 12.7 Å². The Bertz CT molecular complexity index is 406. The van der Waals surface area contributed by atoms with Crippen molar-refractivity contribution in [3.63, 3.8) is 0 Å². The third-order valence-corrected chi connectivity index (χ3v) is 4.47. The number of nitrogens with zero attached hydrogens (tertiary/aromatic N) is 3. The van der Waals surface area contributed by atoms with E-state index in [1.54, 1.807) is 0 Å². The normalized spacial score (nSPS) is 11.2. The molecule has 0 fully saturated rings. The molecule has 1 aromatic heterocycles. The molecule has 0 unspecified atom stereocenters. The van der Waals surface area contributed by atoms with Gasteiger partial charge >= 0.3 is 0 Å². The van der Waals surface area contributed by atoms with Crippen LogP contribution in [0.5, 0.6) is 0 Å². The summed E-state index contributed by atoms with van der Waals surface area (Å²) < 4.78 is 0. The van der Waals surface area contributed by atoms with E-state index in [2.05, 4.69) is 39.3 Å². The van der Waals surface area contributed by atoms with Crippen molar-refractivity contribution >= 4 is 5.95 Å². The number of unbranched alkanes of at least 4 members (excludes halogenated alkanes) is 12. The van der Waals surface area contributed by atoms with Gasteiger partial charge in [0.25, 0.3) is 0 Å². The predicted octanol–water partition coefficient (Wildman–Crippen LogP) is 6.32. The Morgan fingerprint density at radius 2 is 1.24 bits per heavy atom. The average Bonchev–Trinajstić information content (AvgIpc) is 2.65. The van der Waals surface area contributed by atoms with Gasteiger partial charge < -0.3 is 5.32 Å². The van der Waals surface area contributed by atoms with Crippen LogP contribution in [0.3, 0.4) is 0 Å². The van der Waals surface area contributed by atoms with Crippen LogP contribution in [0.4, 0.5) is 5.95 Å². The van der Waals surface area contributed by atoms with Crippen LogP contribution in [0.1, 0.15) is 96.8 Å². The summed E-state index contributed by atoms with van der Waals surface area (Å²) in [7, 11) is 0. The molecule has 0 aromatic carbocycles. The molecule has 1 heterocycles. The highest BCUT2D eigenvalue weighted by atomic mass is 15.1. The second kappa shape index (κ2) is 17.4. The summed E-state index contributed by atoms with van der Waals surface area (Å²) in [6.07, 6.45) is 26.6. The van der Waals surface area contributed by atoms with E-state index in [9.17, 15) is 0 Å². The van der Waals surface area contributed by atoms with Gasteiger partial charge in [-0.25, -0.2) is 15.0 Å². The third kappa shape index (κ3) is 14.6. The zero-order valence-corrected chi connectivity index (χ0v) is 16.3. The van der Waals surface area contributed by atoms with Crippen molar-refractivity contribution in [2.45, 2.75) is 96.8 Å². The van der Waals surface area contributed by atoms with Crippen LogP contribution >= 0.6 is 0 Å². The molecule has 0 spiro atoms. The van der Waals surface area contributed by atoms with Crippen molar-refractivity contribution in [3.05, 3.63) is 24.8 Å². The van der Waals surface area contributed by atoms with Gasteiger partial charge in [-0.15, -0.1) is 0 Å². The largest absolute Gasteiger partial charge is 0.354 e. The first kappa shape index (κ1) is 21.6. The van der Waals surface area contributed by atoms with E-state index < -0.39 is 0 Å². The zero-order valence-electron chi connectivity index (χ0n) is 16.3. The summed E-state index contributed by atoms with van der Waals surface area (Å²) in [6.45, 7) is 3.23. The van der Waals surface area contributed by atoms with Crippen LogP contribution < -0.4 is 5.32 Å². The maximum atomic E-state index is 4.05. The number of anilines is 1. The monoisotopic (exact) mass is 346 g/mol. The van der Waals surface area contributed by atoms with Crippen LogP contribution in [0.15, 0.2) is 24.8 Å². The molecule has 1 rings (SSSR count). The van der Waals surface area contributed by atoms with Gasteiger partial charge in [0.05, 0.1) is 0 Å². The molecular formula is C21H38N4. The molecule has 4 nitrogen and oxygen atoms in total. The number of hydrogen-bond donors (Lipinski definition) is 1. The molecule has 142 valence electrons. The lowest BCUT2D eigenvalue weighted by molar-refractivity contribution is 0.602. The molecular weight excluding hydrogens is 308 g/mol. The zero-order chi connectivity index (χ0) is 17.8. The Morgan fingerprint density at radius 3 is 1.84 bits per heavy atom. The van der Waals surface area contributed by atoms with Gasteiger partial charge in [-0.1, -0.05) is 76.9 Å². The van der Waals surface area contributed by atoms with Crippen molar-refractivity contribution in [2.75, 3.05) is 11.9 Å². The lowest BCUT2D eigenvalue weighted by Gasteiger charge is -2.03. The lowest BCUT2D eigenvalue weighted by atomic mass is 10.1. The second-order valence-electron chi connectivity index (χ2n) is 6.83. The Hall–Kier alpha value is -1.45. The van der Waals surface area contributed by atoms with Crippen LogP contribution in [0.25, 0.3) is 0 Å². The van der Waals surface area contributed by atoms with Crippen LogP contribution in [0, 0.1) is 0 Å². The first-order valence-corrected chi connectivity index (χ1v) is 10.4. The number of aromatic nitrogens is 3. The maximum absolute atomic E-state index is 4.05. The SMILES string of the molecule is CCCCCCCC/C=C\CCCCCCCCNc1ncncn1. The maximum Gasteiger partial charge on any atom is 0.225 e. The molecule has 25 heavy (non-hydrogen) atoms.